The zero-order chi connectivity index (χ0) is 17.7. The van der Waals surface area contributed by atoms with Gasteiger partial charge in [0.1, 0.15) is 5.75 Å². The number of halogens is 1. The first-order chi connectivity index (χ1) is 11.4. The third-order valence-corrected chi connectivity index (χ3v) is 4.21. The zero-order valence-electron chi connectivity index (χ0n) is 13.8. The van der Waals surface area contributed by atoms with Crippen LogP contribution in [-0.4, -0.2) is 18.4 Å². The molecule has 0 heterocycles. The molecule has 0 saturated carbocycles. The number of hydrogen-bond donors (Lipinski definition) is 1. The van der Waals surface area contributed by atoms with Gasteiger partial charge in [0, 0.05) is 9.13 Å². The van der Waals surface area contributed by atoms with Gasteiger partial charge < -0.3 is 15.3 Å². The molecule has 0 atom stereocenters. The lowest BCUT2D eigenvalue weighted by atomic mass is 10.1. The first-order valence-electron chi connectivity index (χ1n) is 7.36. The highest BCUT2D eigenvalue weighted by Crippen LogP contribution is 2.23. The second-order valence-electron chi connectivity index (χ2n) is 5.44. The van der Waals surface area contributed by atoms with E-state index in [2.05, 4.69) is 33.8 Å². The van der Waals surface area contributed by atoms with Crippen molar-refractivity contribution in [2.75, 3.05) is 6.61 Å². The van der Waals surface area contributed by atoms with Crippen molar-refractivity contribution in [3.8, 4) is 5.75 Å². The SMILES string of the molecule is Cc1cc(C)c(C)c(OCC(=O)O/N=C(\N)c2ccc(I)cc2)c1. The van der Waals surface area contributed by atoms with E-state index in [1.165, 1.54) is 0 Å². The van der Waals surface area contributed by atoms with E-state index in [1.54, 1.807) is 0 Å². The van der Waals surface area contributed by atoms with Crippen LogP contribution in [0.4, 0.5) is 0 Å². The van der Waals surface area contributed by atoms with E-state index in [0.717, 1.165) is 20.3 Å². The summed E-state index contributed by atoms with van der Waals surface area (Å²) in [5.74, 6) is 0.198. The largest absolute Gasteiger partial charge is 0.482 e. The Morgan fingerprint density at radius 2 is 1.83 bits per heavy atom. The fourth-order valence-corrected chi connectivity index (χ4v) is 2.45. The summed E-state index contributed by atoms with van der Waals surface area (Å²) >= 11 is 2.19. The van der Waals surface area contributed by atoms with Gasteiger partial charge in [-0.05, 0) is 78.3 Å². The molecule has 126 valence electrons. The number of nitrogens with two attached hydrogens (primary N) is 1. The molecule has 0 aliphatic carbocycles. The molecule has 24 heavy (non-hydrogen) atoms. The molecule has 0 bridgehead atoms. The number of ether oxygens (including phenoxy) is 1. The van der Waals surface area contributed by atoms with Gasteiger partial charge in [0.15, 0.2) is 12.4 Å². The lowest BCUT2D eigenvalue weighted by Gasteiger charge is -2.11. The number of nitrogens with zero attached hydrogens (tertiary/aromatic N) is 1. The molecule has 0 aliphatic heterocycles. The molecular weight excluding hydrogens is 419 g/mol. The Kier molecular flexibility index (Phi) is 6.19. The van der Waals surface area contributed by atoms with Gasteiger partial charge in [0.05, 0.1) is 0 Å². The number of oxime groups is 1. The van der Waals surface area contributed by atoms with Gasteiger partial charge in [-0.15, -0.1) is 0 Å². The average Bonchev–Trinajstić information content (AvgIpc) is 2.55. The van der Waals surface area contributed by atoms with Crippen molar-refractivity contribution < 1.29 is 14.4 Å². The smallest absolute Gasteiger partial charge is 0.372 e. The summed E-state index contributed by atoms with van der Waals surface area (Å²) in [6.45, 7) is 5.69. The maximum absolute atomic E-state index is 11.8. The van der Waals surface area contributed by atoms with Gasteiger partial charge in [-0.2, -0.15) is 0 Å². The minimum atomic E-state index is -0.609. The molecule has 2 N–H and O–H groups in total. The molecule has 5 nitrogen and oxygen atoms in total. The van der Waals surface area contributed by atoms with Crippen molar-refractivity contribution in [3.05, 3.63) is 62.2 Å². The third kappa shape index (κ3) is 4.95. The Hall–Kier alpha value is -2.09. The van der Waals surface area contributed by atoms with Gasteiger partial charge in [0.25, 0.3) is 0 Å². The number of aryl methyl sites for hydroxylation is 2. The van der Waals surface area contributed by atoms with Crippen LogP contribution >= 0.6 is 22.6 Å². The summed E-state index contributed by atoms with van der Waals surface area (Å²) in [6.07, 6.45) is 0. The molecule has 0 aromatic heterocycles. The predicted octanol–water partition coefficient (Wildman–Crippen LogP) is 3.46. The van der Waals surface area contributed by atoms with E-state index in [-0.39, 0.29) is 12.4 Å². The van der Waals surface area contributed by atoms with Gasteiger partial charge in [-0.1, -0.05) is 23.4 Å². The lowest BCUT2D eigenvalue weighted by molar-refractivity contribution is -0.146. The second-order valence-corrected chi connectivity index (χ2v) is 6.69. The van der Waals surface area contributed by atoms with Crippen LogP contribution in [0.25, 0.3) is 0 Å². The number of benzene rings is 2. The minimum Gasteiger partial charge on any atom is -0.482 e. The Labute approximate surface area is 155 Å². The fraction of sp³-hybridized carbons (Fsp3) is 0.222. The third-order valence-electron chi connectivity index (χ3n) is 3.50. The van der Waals surface area contributed by atoms with Crippen LogP contribution < -0.4 is 10.5 Å². The Morgan fingerprint density at radius 3 is 2.50 bits per heavy atom. The summed E-state index contributed by atoms with van der Waals surface area (Å²) < 4.78 is 6.61. The molecular formula is C18H19IN2O3. The first kappa shape index (κ1) is 18.3. The van der Waals surface area contributed by atoms with E-state index in [1.807, 2.05) is 51.1 Å². The highest BCUT2D eigenvalue weighted by molar-refractivity contribution is 14.1. The molecule has 2 aromatic rings. The first-order valence-corrected chi connectivity index (χ1v) is 8.44. The minimum absolute atomic E-state index is 0.141. The molecule has 0 saturated heterocycles. The zero-order valence-corrected chi connectivity index (χ0v) is 16.0. The molecule has 2 rings (SSSR count). The van der Waals surface area contributed by atoms with Crippen molar-refractivity contribution >= 4 is 34.4 Å². The Morgan fingerprint density at radius 1 is 1.17 bits per heavy atom. The van der Waals surface area contributed by atoms with Crippen LogP contribution in [0.5, 0.6) is 5.75 Å². The quantitative estimate of drug-likeness (QED) is 0.255. The number of carbonyl (C=O) groups is 1. The van der Waals surface area contributed by atoms with Gasteiger partial charge >= 0.3 is 5.97 Å². The Bertz CT molecular complexity index is 771. The summed E-state index contributed by atoms with van der Waals surface area (Å²) in [4.78, 5) is 16.6. The normalized spacial score (nSPS) is 11.2. The van der Waals surface area contributed by atoms with Crippen molar-refractivity contribution in [2.24, 2.45) is 10.9 Å². The van der Waals surface area contributed by atoms with Gasteiger partial charge in [0.2, 0.25) is 0 Å². The second kappa shape index (κ2) is 8.14. The molecule has 0 spiro atoms. The topological polar surface area (TPSA) is 73.9 Å². The van der Waals surface area contributed by atoms with E-state index in [4.69, 9.17) is 15.3 Å². The van der Waals surface area contributed by atoms with Crippen molar-refractivity contribution in [1.29, 1.82) is 0 Å². The number of hydrogen-bond acceptors (Lipinski definition) is 4. The van der Waals surface area contributed by atoms with E-state index < -0.39 is 5.97 Å². The standard InChI is InChI=1S/C18H19IN2O3/c1-11-8-12(2)13(3)16(9-11)23-10-17(22)24-21-18(20)14-4-6-15(19)7-5-14/h4-9H,10H2,1-3H3,(H2,20,21). The molecule has 0 amide bonds. The molecule has 0 unspecified atom stereocenters. The summed E-state index contributed by atoms with van der Waals surface area (Å²) in [7, 11) is 0. The van der Waals surface area contributed by atoms with E-state index in [9.17, 15) is 4.79 Å². The maximum Gasteiger partial charge on any atom is 0.372 e. The molecule has 2 aromatic carbocycles. The number of rotatable bonds is 5. The van der Waals surface area contributed by atoms with Crippen LogP contribution in [0.15, 0.2) is 41.6 Å². The van der Waals surface area contributed by atoms with Crippen molar-refractivity contribution in [2.45, 2.75) is 20.8 Å². The fourth-order valence-electron chi connectivity index (χ4n) is 2.09. The van der Waals surface area contributed by atoms with Crippen LogP contribution in [-0.2, 0) is 9.63 Å². The summed E-state index contributed by atoms with van der Waals surface area (Å²) in [6, 6.07) is 11.4. The van der Waals surface area contributed by atoms with E-state index in [0.29, 0.717) is 11.3 Å². The van der Waals surface area contributed by atoms with Crippen molar-refractivity contribution in [3.63, 3.8) is 0 Å². The highest BCUT2D eigenvalue weighted by Gasteiger charge is 2.09. The molecule has 0 fully saturated rings. The van der Waals surface area contributed by atoms with Crippen LogP contribution in [0, 0.1) is 24.3 Å². The van der Waals surface area contributed by atoms with Gasteiger partial charge in [-0.25, -0.2) is 4.79 Å². The molecule has 0 aliphatic rings. The molecule has 0 radical (unpaired) electrons. The monoisotopic (exact) mass is 438 g/mol. The van der Waals surface area contributed by atoms with Crippen LogP contribution in [0.2, 0.25) is 0 Å². The predicted molar refractivity (Wildman–Crippen MR) is 102 cm³/mol. The van der Waals surface area contributed by atoms with Gasteiger partial charge in [-0.3, -0.25) is 0 Å². The van der Waals surface area contributed by atoms with Crippen LogP contribution in [0.1, 0.15) is 22.3 Å². The van der Waals surface area contributed by atoms with Crippen LogP contribution in [0.3, 0.4) is 0 Å². The highest BCUT2D eigenvalue weighted by atomic mass is 127. The maximum atomic E-state index is 11.8. The summed E-state index contributed by atoms with van der Waals surface area (Å²) in [5, 5.41) is 3.66. The molecule has 6 heteroatoms. The number of carbonyl (C=O) groups excluding carboxylic acids is 1. The number of amidine groups is 1. The average molecular weight is 438 g/mol. The van der Waals surface area contributed by atoms with Crippen molar-refractivity contribution in [1.82, 2.24) is 0 Å². The summed E-state index contributed by atoms with van der Waals surface area (Å²) in [5.41, 5.74) is 9.66. The van der Waals surface area contributed by atoms with E-state index >= 15 is 0 Å². The lowest BCUT2D eigenvalue weighted by Crippen LogP contribution is -2.18. The Balaban J connectivity index is 1.94.